The van der Waals surface area contributed by atoms with Crippen LogP contribution < -0.4 is 10.6 Å². The van der Waals surface area contributed by atoms with E-state index >= 15 is 0 Å². The van der Waals surface area contributed by atoms with Crippen molar-refractivity contribution in [2.45, 2.75) is 45.6 Å². The van der Waals surface area contributed by atoms with Crippen LogP contribution in [0.25, 0.3) is 0 Å². The van der Waals surface area contributed by atoms with Crippen molar-refractivity contribution in [2.24, 2.45) is 0 Å². The van der Waals surface area contributed by atoms with Crippen LogP contribution in [0.15, 0.2) is 6.07 Å². The minimum atomic E-state index is 0.240. The molecule has 4 nitrogen and oxygen atoms in total. The molecule has 0 aliphatic heterocycles. The molecule has 1 aromatic rings. The van der Waals surface area contributed by atoms with E-state index in [-0.39, 0.29) is 5.54 Å². The summed E-state index contributed by atoms with van der Waals surface area (Å²) in [6, 6.07) is 1.99. The van der Waals surface area contributed by atoms with Crippen molar-refractivity contribution in [1.82, 2.24) is 9.97 Å². The summed E-state index contributed by atoms with van der Waals surface area (Å²) in [5.74, 6) is 2.65. The van der Waals surface area contributed by atoms with Crippen molar-refractivity contribution in [2.75, 3.05) is 17.2 Å². The van der Waals surface area contributed by atoms with E-state index in [2.05, 4.69) is 34.4 Å². The molecule has 0 unspecified atom stereocenters. The van der Waals surface area contributed by atoms with Crippen molar-refractivity contribution in [1.29, 1.82) is 0 Å². The molecule has 16 heavy (non-hydrogen) atoms. The highest BCUT2D eigenvalue weighted by Gasteiger charge is 2.31. The summed E-state index contributed by atoms with van der Waals surface area (Å²) >= 11 is 0. The molecule has 0 atom stereocenters. The van der Waals surface area contributed by atoms with Gasteiger partial charge < -0.3 is 10.6 Å². The molecule has 0 aromatic carbocycles. The van der Waals surface area contributed by atoms with Crippen LogP contribution in [0.4, 0.5) is 11.6 Å². The van der Waals surface area contributed by atoms with Crippen molar-refractivity contribution < 1.29 is 0 Å². The van der Waals surface area contributed by atoms with Gasteiger partial charge in [0.15, 0.2) is 0 Å². The number of nitrogens with zero attached hydrogens (tertiary/aromatic N) is 2. The molecule has 2 rings (SSSR count). The molecular formula is C12H20N4. The first-order valence-electron chi connectivity index (χ1n) is 5.99. The molecule has 1 saturated carbocycles. The Balaban J connectivity index is 2.13. The SMILES string of the molecule is CCNc1cc(NC2(C)CCC2)nc(C)n1. The Morgan fingerprint density at radius 3 is 2.56 bits per heavy atom. The van der Waals surface area contributed by atoms with E-state index in [1.807, 2.05) is 13.0 Å². The molecule has 1 fully saturated rings. The summed E-state index contributed by atoms with van der Waals surface area (Å²) in [5, 5.41) is 6.72. The molecule has 88 valence electrons. The fourth-order valence-corrected chi connectivity index (χ4v) is 2.04. The monoisotopic (exact) mass is 220 g/mol. The predicted octanol–water partition coefficient (Wildman–Crippen LogP) is 2.57. The zero-order valence-electron chi connectivity index (χ0n) is 10.3. The Morgan fingerprint density at radius 1 is 1.31 bits per heavy atom. The standard InChI is InChI=1S/C12H20N4/c1-4-13-10-8-11(15-9(2)14-10)16-12(3)6-5-7-12/h8H,4-7H2,1-3H3,(H2,13,14,15,16). The first kappa shape index (κ1) is 11.2. The maximum Gasteiger partial charge on any atom is 0.132 e. The minimum absolute atomic E-state index is 0.240. The lowest BCUT2D eigenvalue weighted by molar-refractivity contribution is 0.305. The van der Waals surface area contributed by atoms with E-state index in [4.69, 9.17) is 0 Å². The van der Waals surface area contributed by atoms with Crippen LogP contribution >= 0.6 is 0 Å². The quantitative estimate of drug-likeness (QED) is 0.818. The van der Waals surface area contributed by atoms with Gasteiger partial charge in [0.1, 0.15) is 17.5 Å². The number of aryl methyl sites for hydroxylation is 1. The largest absolute Gasteiger partial charge is 0.370 e. The third-order valence-corrected chi connectivity index (χ3v) is 3.08. The van der Waals surface area contributed by atoms with Crippen molar-refractivity contribution in [3.63, 3.8) is 0 Å². The summed E-state index contributed by atoms with van der Waals surface area (Å²) in [7, 11) is 0. The van der Waals surface area contributed by atoms with E-state index in [9.17, 15) is 0 Å². The first-order chi connectivity index (χ1) is 7.61. The maximum atomic E-state index is 4.42. The fraction of sp³-hybridized carbons (Fsp3) is 0.667. The van der Waals surface area contributed by atoms with E-state index < -0.39 is 0 Å². The fourth-order valence-electron chi connectivity index (χ4n) is 2.04. The minimum Gasteiger partial charge on any atom is -0.370 e. The molecule has 4 heteroatoms. The Kier molecular flexibility index (Phi) is 2.99. The van der Waals surface area contributed by atoms with Crippen LogP contribution in [0, 0.1) is 6.92 Å². The second-order valence-electron chi connectivity index (χ2n) is 4.76. The van der Waals surface area contributed by atoms with Gasteiger partial charge in [-0.3, -0.25) is 0 Å². The highest BCUT2D eigenvalue weighted by atomic mass is 15.1. The molecule has 1 aromatic heterocycles. The average molecular weight is 220 g/mol. The van der Waals surface area contributed by atoms with E-state index in [1.54, 1.807) is 0 Å². The van der Waals surface area contributed by atoms with Crippen LogP contribution in [0.3, 0.4) is 0 Å². The highest BCUT2D eigenvalue weighted by Crippen LogP contribution is 2.34. The number of rotatable bonds is 4. The van der Waals surface area contributed by atoms with Gasteiger partial charge in [-0.25, -0.2) is 9.97 Å². The van der Waals surface area contributed by atoms with Gasteiger partial charge in [0.05, 0.1) is 0 Å². The molecule has 0 radical (unpaired) electrons. The van der Waals surface area contributed by atoms with Gasteiger partial charge in [0.2, 0.25) is 0 Å². The topological polar surface area (TPSA) is 49.8 Å². The third-order valence-electron chi connectivity index (χ3n) is 3.08. The Morgan fingerprint density at radius 2 is 2.00 bits per heavy atom. The van der Waals surface area contributed by atoms with Crippen LogP contribution in [-0.2, 0) is 0 Å². The lowest BCUT2D eigenvalue weighted by Crippen LogP contribution is -2.41. The number of hydrogen-bond acceptors (Lipinski definition) is 4. The summed E-state index contributed by atoms with van der Waals surface area (Å²) in [6.07, 6.45) is 3.77. The average Bonchev–Trinajstić information content (AvgIpc) is 2.14. The maximum absolute atomic E-state index is 4.42. The van der Waals surface area contributed by atoms with Gasteiger partial charge >= 0.3 is 0 Å². The van der Waals surface area contributed by atoms with Gasteiger partial charge in [-0.15, -0.1) is 0 Å². The summed E-state index contributed by atoms with van der Waals surface area (Å²) in [4.78, 5) is 8.76. The zero-order chi connectivity index (χ0) is 11.6. The van der Waals surface area contributed by atoms with E-state index in [0.717, 1.165) is 24.0 Å². The highest BCUT2D eigenvalue weighted by molar-refractivity contribution is 5.49. The number of nitrogens with one attached hydrogen (secondary N) is 2. The van der Waals surface area contributed by atoms with E-state index in [1.165, 1.54) is 19.3 Å². The second kappa shape index (κ2) is 4.28. The smallest absolute Gasteiger partial charge is 0.132 e. The van der Waals surface area contributed by atoms with Crippen LogP contribution in [0.5, 0.6) is 0 Å². The number of aromatic nitrogens is 2. The number of anilines is 2. The molecule has 2 N–H and O–H groups in total. The predicted molar refractivity (Wildman–Crippen MR) is 66.8 cm³/mol. The Hall–Kier alpha value is -1.32. The van der Waals surface area contributed by atoms with Gasteiger partial charge in [0, 0.05) is 18.2 Å². The summed E-state index contributed by atoms with van der Waals surface area (Å²) in [5.41, 5.74) is 0.240. The van der Waals surface area contributed by atoms with Gasteiger partial charge in [-0.2, -0.15) is 0 Å². The molecule has 0 saturated heterocycles. The van der Waals surface area contributed by atoms with Crippen LogP contribution in [-0.4, -0.2) is 22.1 Å². The van der Waals surface area contributed by atoms with Crippen molar-refractivity contribution in [3.05, 3.63) is 11.9 Å². The molecule has 1 heterocycles. The molecule has 0 amide bonds. The summed E-state index contributed by atoms with van der Waals surface area (Å²) in [6.45, 7) is 7.13. The third kappa shape index (κ3) is 2.43. The molecule has 0 spiro atoms. The second-order valence-corrected chi connectivity index (χ2v) is 4.76. The lowest BCUT2D eigenvalue weighted by atomic mass is 9.78. The Bertz CT molecular complexity index is 371. The first-order valence-corrected chi connectivity index (χ1v) is 5.99. The van der Waals surface area contributed by atoms with Crippen molar-refractivity contribution in [3.8, 4) is 0 Å². The van der Waals surface area contributed by atoms with Gasteiger partial charge in [0.25, 0.3) is 0 Å². The van der Waals surface area contributed by atoms with Gasteiger partial charge in [-0.05, 0) is 40.0 Å². The molecule has 1 aliphatic carbocycles. The van der Waals surface area contributed by atoms with Gasteiger partial charge in [-0.1, -0.05) is 0 Å². The number of hydrogen-bond donors (Lipinski definition) is 2. The normalized spacial score (nSPS) is 17.7. The molecular weight excluding hydrogens is 200 g/mol. The molecule has 1 aliphatic rings. The van der Waals surface area contributed by atoms with E-state index in [0.29, 0.717) is 0 Å². The summed E-state index contributed by atoms with van der Waals surface area (Å²) < 4.78 is 0. The Labute approximate surface area is 96.9 Å². The lowest BCUT2D eigenvalue weighted by Gasteiger charge is -2.39. The van der Waals surface area contributed by atoms with Crippen molar-refractivity contribution >= 4 is 11.6 Å². The zero-order valence-corrected chi connectivity index (χ0v) is 10.3. The van der Waals surface area contributed by atoms with Crippen LogP contribution in [0.1, 0.15) is 38.9 Å². The van der Waals surface area contributed by atoms with Crippen LogP contribution in [0.2, 0.25) is 0 Å². The molecule has 0 bridgehead atoms.